The number of carbonyl (C=O) groups excluding carboxylic acids is 1. The molecule has 0 aliphatic rings. The number of halogens is 3. The Labute approximate surface area is 196 Å². The zero-order valence-electron chi connectivity index (χ0n) is 16.1. The lowest BCUT2D eigenvalue weighted by molar-refractivity contribution is -0.110. The molecule has 0 aliphatic heterocycles. The Morgan fingerprint density at radius 1 is 0.969 bits per heavy atom. The predicted molar refractivity (Wildman–Crippen MR) is 127 cm³/mol. The molecule has 1 amide bonds. The Morgan fingerprint density at radius 2 is 1.62 bits per heavy atom. The number of rotatable bonds is 4. The third-order valence-electron chi connectivity index (χ3n) is 4.42. The van der Waals surface area contributed by atoms with Crippen LogP contribution >= 0.6 is 34.8 Å². The fourth-order valence-electron chi connectivity index (χ4n) is 2.90. The minimum atomic E-state index is -0.683. The van der Waals surface area contributed by atoms with Crippen LogP contribution in [-0.2, 0) is 4.79 Å². The normalized spacial score (nSPS) is 11.5. The average Bonchev–Trinajstić information content (AvgIpc) is 2.77. The van der Waals surface area contributed by atoms with Crippen molar-refractivity contribution < 1.29 is 9.90 Å². The Morgan fingerprint density at radius 3 is 2.34 bits per heavy atom. The average molecular weight is 488 g/mol. The van der Waals surface area contributed by atoms with Crippen molar-refractivity contribution in [3.05, 3.63) is 91.9 Å². The molecule has 3 aromatic carbocycles. The first kappa shape index (κ1) is 21.8. The van der Waals surface area contributed by atoms with Crippen LogP contribution in [0.3, 0.4) is 0 Å². The van der Waals surface area contributed by atoms with Crippen molar-refractivity contribution in [1.82, 2.24) is 9.97 Å². The fourth-order valence-corrected chi connectivity index (χ4v) is 3.56. The lowest BCUT2D eigenvalue weighted by Gasteiger charge is -2.10. The van der Waals surface area contributed by atoms with Crippen molar-refractivity contribution >= 4 is 68.7 Å². The van der Waals surface area contributed by atoms with Crippen LogP contribution in [0.15, 0.2) is 70.5 Å². The third-order valence-corrected chi connectivity index (χ3v) is 5.32. The van der Waals surface area contributed by atoms with Gasteiger partial charge in [-0.1, -0.05) is 59.1 Å². The van der Waals surface area contributed by atoms with Gasteiger partial charge >= 0.3 is 0 Å². The molecule has 0 aliphatic carbocycles. The van der Waals surface area contributed by atoms with E-state index in [0.29, 0.717) is 21.6 Å². The Kier molecular flexibility index (Phi) is 6.14. The molecule has 0 atom stereocenters. The van der Waals surface area contributed by atoms with Crippen LogP contribution in [0.25, 0.3) is 10.9 Å². The molecule has 0 unspecified atom stereocenters. The number of phenols is 1. The summed E-state index contributed by atoms with van der Waals surface area (Å²) in [7, 11) is 0. The third kappa shape index (κ3) is 4.45. The number of phenolic OH excluding ortho intramolecular Hbond substituents is 1. The molecular weight excluding hydrogens is 475 g/mol. The van der Waals surface area contributed by atoms with Gasteiger partial charge in [0.1, 0.15) is 0 Å². The summed E-state index contributed by atoms with van der Waals surface area (Å²) in [5, 5.41) is 13.0. The standard InChI is InChI=1S/C22H13Cl3N4O3/c23-13-6-2-4-8-17(13)28-22(32)18(26-11-9-14(24)19(30)15(25)10-11)20-27-16-7-3-1-5-12(16)21(31)29-20/h1-10,30H,(H,28,32)(H,27,29,31). The zero-order valence-corrected chi connectivity index (χ0v) is 18.3. The molecule has 4 rings (SSSR count). The van der Waals surface area contributed by atoms with Crippen LogP contribution in [0, 0.1) is 0 Å². The molecule has 0 spiro atoms. The summed E-state index contributed by atoms with van der Waals surface area (Å²) in [6, 6.07) is 16.0. The number of amides is 1. The Hall–Kier alpha value is -3.39. The maximum atomic E-state index is 13.2. The van der Waals surface area contributed by atoms with E-state index in [1.54, 1.807) is 48.5 Å². The number of anilines is 1. The van der Waals surface area contributed by atoms with E-state index in [1.165, 1.54) is 12.1 Å². The van der Waals surface area contributed by atoms with E-state index in [2.05, 4.69) is 20.3 Å². The van der Waals surface area contributed by atoms with E-state index < -0.39 is 11.5 Å². The molecule has 0 fully saturated rings. The molecule has 7 nitrogen and oxygen atoms in total. The highest BCUT2D eigenvalue weighted by molar-refractivity contribution is 6.49. The second-order valence-corrected chi connectivity index (χ2v) is 7.81. The number of para-hydroxylation sites is 2. The van der Waals surface area contributed by atoms with Gasteiger partial charge in [0.25, 0.3) is 11.5 Å². The van der Waals surface area contributed by atoms with Crippen LogP contribution in [0.1, 0.15) is 5.82 Å². The monoisotopic (exact) mass is 486 g/mol. The van der Waals surface area contributed by atoms with E-state index in [4.69, 9.17) is 34.8 Å². The topological polar surface area (TPSA) is 107 Å². The van der Waals surface area contributed by atoms with Gasteiger partial charge in [0.2, 0.25) is 0 Å². The number of nitrogens with zero attached hydrogens (tertiary/aromatic N) is 2. The summed E-state index contributed by atoms with van der Waals surface area (Å²) in [5.41, 5.74) is 0.233. The summed E-state index contributed by atoms with van der Waals surface area (Å²) in [6.07, 6.45) is 0. The van der Waals surface area contributed by atoms with Gasteiger partial charge in [0.05, 0.1) is 37.3 Å². The van der Waals surface area contributed by atoms with E-state index in [0.717, 1.165) is 0 Å². The molecule has 1 heterocycles. The first-order valence-corrected chi connectivity index (χ1v) is 10.3. The van der Waals surface area contributed by atoms with Gasteiger partial charge in [0, 0.05) is 0 Å². The van der Waals surface area contributed by atoms with Crippen LogP contribution in [0.2, 0.25) is 15.1 Å². The maximum absolute atomic E-state index is 13.2. The van der Waals surface area contributed by atoms with Gasteiger partial charge in [-0.05, 0) is 36.4 Å². The molecule has 3 N–H and O–H groups in total. The number of aliphatic imine (C=N–C) groups is 1. The minimum Gasteiger partial charge on any atom is -0.505 e. The lowest BCUT2D eigenvalue weighted by Crippen LogP contribution is -2.28. The first-order valence-electron chi connectivity index (χ1n) is 9.15. The number of aromatic hydroxyl groups is 1. The van der Waals surface area contributed by atoms with Crippen LogP contribution in [0.4, 0.5) is 11.4 Å². The van der Waals surface area contributed by atoms with Gasteiger partial charge in [-0.3, -0.25) is 9.59 Å². The van der Waals surface area contributed by atoms with Crippen molar-refractivity contribution in [2.24, 2.45) is 4.99 Å². The number of benzene rings is 3. The van der Waals surface area contributed by atoms with Gasteiger partial charge in [0.15, 0.2) is 17.3 Å². The number of aromatic nitrogens is 2. The first-order chi connectivity index (χ1) is 15.3. The number of hydrogen-bond donors (Lipinski definition) is 3. The highest BCUT2D eigenvalue weighted by Gasteiger charge is 2.20. The number of nitrogens with one attached hydrogen (secondary N) is 2. The number of hydrogen-bond acceptors (Lipinski definition) is 5. The highest BCUT2D eigenvalue weighted by Crippen LogP contribution is 2.36. The lowest BCUT2D eigenvalue weighted by atomic mass is 10.2. The highest BCUT2D eigenvalue weighted by atomic mass is 35.5. The van der Waals surface area contributed by atoms with E-state index >= 15 is 0 Å². The van der Waals surface area contributed by atoms with Crippen LogP contribution in [0.5, 0.6) is 5.75 Å². The van der Waals surface area contributed by atoms with Gasteiger partial charge in [-0.25, -0.2) is 9.98 Å². The molecule has 0 saturated heterocycles. The molecule has 32 heavy (non-hydrogen) atoms. The Balaban J connectivity index is 1.88. The summed E-state index contributed by atoms with van der Waals surface area (Å²) >= 11 is 18.1. The summed E-state index contributed by atoms with van der Waals surface area (Å²) in [6.45, 7) is 0. The largest absolute Gasteiger partial charge is 0.505 e. The number of fused-ring (bicyclic) bond motifs is 1. The smallest absolute Gasteiger partial charge is 0.278 e. The van der Waals surface area contributed by atoms with E-state index in [1.807, 2.05) is 0 Å². The van der Waals surface area contributed by atoms with Crippen molar-refractivity contribution in [1.29, 1.82) is 0 Å². The molecule has 160 valence electrons. The van der Waals surface area contributed by atoms with Crippen LogP contribution < -0.4 is 10.9 Å². The molecule has 0 saturated carbocycles. The SMILES string of the molecule is O=C(Nc1ccccc1Cl)C(=Nc1cc(Cl)c(O)c(Cl)c1)c1nc2ccccc2c(=O)[nH]1. The second kappa shape index (κ2) is 9.00. The van der Waals surface area contributed by atoms with Gasteiger partial charge < -0.3 is 15.4 Å². The van der Waals surface area contributed by atoms with Crippen LogP contribution in [-0.4, -0.2) is 26.7 Å². The number of H-pyrrole nitrogens is 1. The molecule has 4 aromatic rings. The second-order valence-electron chi connectivity index (χ2n) is 6.58. The van der Waals surface area contributed by atoms with Crippen molar-refractivity contribution in [3.63, 3.8) is 0 Å². The predicted octanol–water partition coefficient (Wildman–Crippen LogP) is 5.35. The molecule has 0 bridgehead atoms. The quantitative estimate of drug-likeness (QED) is 0.337. The molecular formula is C22H13Cl3N4O3. The van der Waals surface area contributed by atoms with Crippen molar-refractivity contribution in [2.45, 2.75) is 0 Å². The molecule has 0 radical (unpaired) electrons. The van der Waals surface area contributed by atoms with Crippen molar-refractivity contribution in [3.8, 4) is 5.75 Å². The number of aromatic amines is 1. The molecule has 1 aromatic heterocycles. The van der Waals surface area contributed by atoms with Crippen molar-refractivity contribution in [2.75, 3.05) is 5.32 Å². The summed E-state index contributed by atoms with van der Waals surface area (Å²) in [5.74, 6) is -1.07. The summed E-state index contributed by atoms with van der Waals surface area (Å²) < 4.78 is 0. The van der Waals surface area contributed by atoms with Gasteiger partial charge in [-0.2, -0.15) is 0 Å². The Bertz CT molecular complexity index is 1430. The zero-order chi connectivity index (χ0) is 22.8. The maximum Gasteiger partial charge on any atom is 0.278 e. The van der Waals surface area contributed by atoms with E-state index in [9.17, 15) is 14.7 Å². The fraction of sp³-hybridized carbons (Fsp3) is 0. The number of carbonyl (C=O) groups is 1. The minimum absolute atomic E-state index is 0.0536. The van der Waals surface area contributed by atoms with Gasteiger partial charge in [-0.15, -0.1) is 0 Å². The summed E-state index contributed by atoms with van der Waals surface area (Å²) in [4.78, 5) is 37.0. The van der Waals surface area contributed by atoms with E-state index in [-0.39, 0.29) is 33.0 Å². The molecule has 10 heteroatoms.